The second kappa shape index (κ2) is 8.40. The number of carbonyl (C=O) groups is 1. The number of aromatic nitrogens is 2. The Bertz CT molecular complexity index is 769. The van der Waals surface area contributed by atoms with Crippen LogP contribution >= 0.6 is 12.4 Å². The Morgan fingerprint density at radius 2 is 1.96 bits per heavy atom. The Hall–Kier alpha value is -1.92. The molecule has 1 amide bonds. The highest BCUT2D eigenvalue weighted by molar-refractivity contribution is 5.85. The van der Waals surface area contributed by atoms with Crippen LogP contribution in [0.1, 0.15) is 43.9 Å². The van der Waals surface area contributed by atoms with E-state index in [-0.39, 0.29) is 47.4 Å². The highest BCUT2D eigenvalue weighted by Gasteiger charge is 2.37. The number of aryl methyl sites for hydroxylation is 1. The van der Waals surface area contributed by atoms with Crippen LogP contribution in [0.3, 0.4) is 0 Å². The molecule has 1 fully saturated rings. The van der Waals surface area contributed by atoms with Gasteiger partial charge in [-0.05, 0) is 28.7 Å². The molecule has 1 unspecified atom stereocenters. The fraction of sp³-hybridized carbons (Fsp3) is 0.500. The summed E-state index contributed by atoms with van der Waals surface area (Å²) in [6.45, 7) is 7.64. The molecule has 3 rings (SSSR count). The largest absolute Gasteiger partial charge is 0.348 e. The van der Waals surface area contributed by atoms with Gasteiger partial charge in [0.2, 0.25) is 5.91 Å². The zero-order valence-electron chi connectivity index (χ0n) is 16.2. The van der Waals surface area contributed by atoms with Crippen molar-refractivity contribution in [1.82, 2.24) is 20.4 Å². The molecule has 1 aromatic heterocycles. The average molecular weight is 395 g/mol. The maximum atomic E-state index is 13.3. The number of hydrogen-bond acceptors (Lipinski definition) is 3. The van der Waals surface area contributed by atoms with Crippen molar-refractivity contribution in [2.24, 2.45) is 18.4 Å². The number of halogens is 2. The van der Waals surface area contributed by atoms with Crippen molar-refractivity contribution < 1.29 is 9.18 Å². The maximum Gasteiger partial charge on any atom is 0.225 e. The average Bonchev–Trinajstić information content (AvgIpc) is 3.21. The quantitative estimate of drug-likeness (QED) is 0.837. The first-order valence-electron chi connectivity index (χ1n) is 9.01. The molecule has 3 atom stereocenters. The first-order chi connectivity index (χ1) is 12.3. The molecule has 1 aliphatic heterocycles. The van der Waals surface area contributed by atoms with Crippen LogP contribution in [0.25, 0.3) is 0 Å². The van der Waals surface area contributed by atoms with Crippen molar-refractivity contribution in [2.75, 3.05) is 13.1 Å². The summed E-state index contributed by atoms with van der Waals surface area (Å²) < 4.78 is 15.1. The first-order valence-corrected chi connectivity index (χ1v) is 9.01. The third-order valence-electron chi connectivity index (χ3n) is 5.06. The van der Waals surface area contributed by atoms with E-state index in [4.69, 9.17) is 0 Å². The van der Waals surface area contributed by atoms with E-state index in [1.54, 1.807) is 16.8 Å². The summed E-state index contributed by atoms with van der Waals surface area (Å²) in [6.07, 6.45) is 3.80. The summed E-state index contributed by atoms with van der Waals surface area (Å²) in [7, 11) is 1.88. The molecule has 0 aliphatic carbocycles. The van der Waals surface area contributed by atoms with E-state index >= 15 is 0 Å². The minimum atomic E-state index is -0.274. The third-order valence-corrected chi connectivity index (χ3v) is 5.06. The summed E-state index contributed by atoms with van der Waals surface area (Å²) in [5.74, 6) is -0.292. The van der Waals surface area contributed by atoms with Crippen LogP contribution in [0.5, 0.6) is 0 Å². The van der Waals surface area contributed by atoms with Crippen LogP contribution in [0.15, 0.2) is 36.7 Å². The highest BCUT2D eigenvalue weighted by atomic mass is 35.5. The van der Waals surface area contributed by atoms with Gasteiger partial charge in [0.05, 0.1) is 18.2 Å². The molecule has 148 valence electrons. The normalized spacial score (nSPS) is 20.8. The Morgan fingerprint density at radius 1 is 1.30 bits per heavy atom. The fourth-order valence-electron chi connectivity index (χ4n) is 3.64. The zero-order valence-corrected chi connectivity index (χ0v) is 17.0. The molecule has 0 bridgehead atoms. The smallest absolute Gasteiger partial charge is 0.225 e. The van der Waals surface area contributed by atoms with E-state index in [2.05, 4.69) is 36.5 Å². The second-order valence-corrected chi connectivity index (χ2v) is 8.18. The molecule has 1 saturated heterocycles. The fourth-order valence-corrected chi connectivity index (χ4v) is 3.64. The molecular weight excluding hydrogens is 367 g/mol. The number of benzene rings is 1. The molecule has 0 spiro atoms. The van der Waals surface area contributed by atoms with Gasteiger partial charge in [0, 0.05) is 32.3 Å². The summed E-state index contributed by atoms with van der Waals surface area (Å²) >= 11 is 0. The number of carbonyl (C=O) groups excluding carboxylic acids is 1. The molecule has 7 heteroatoms. The molecular formula is C20H28ClFN4O. The van der Waals surface area contributed by atoms with Gasteiger partial charge >= 0.3 is 0 Å². The van der Waals surface area contributed by atoms with Crippen molar-refractivity contribution in [2.45, 2.75) is 32.7 Å². The number of amides is 1. The van der Waals surface area contributed by atoms with Gasteiger partial charge in [-0.15, -0.1) is 12.4 Å². The van der Waals surface area contributed by atoms with Crippen LogP contribution in [0.2, 0.25) is 0 Å². The molecule has 2 aromatic rings. The van der Waals surface area contributed by atoms with E-state index < -0.39 is 0 Å². The Labute approximate surface area is 166 Å². The van der Waals surface area contributed by atoms with Crippen molar-refractivity contribution in [1.29, 1.82) is 0 Å². The minimum Gasteiger partial charge on any atom is -0.348 e. The molecule has 5 nitrogen and oxygen atoms in total. The number of nitrogens with zero attached hydrogens (tertiary/aromatic N) is 2. The predicted molar refractivity (Wildman–Crippen MR) is 106 cm³/mol. The van der Waals surface area contributed by atoms with Gasteiger partial charge in [-0.3, -0.25) is 9.48 Å². The van der Waals surface area contributed by atoms with Gasteiger partial charge in [-0.2, -0.15) is 5.10 Å². The van der Waals surface area contributed by atoms with E-state index in [1.165, 1.54) is 12.1 Å². The molecule has 0 saturated carbocycles. The summed E-state index contributed by atoms with van der Waals surface area (Å²) in [5, 5.41) is 10.8. The topological polar surface area (TPSA) is 59.0 Å². The van der Waals surface area contributed by atoms with Crippen molar-refractivity contribution in [3.8, 4) is 0 Å². The van der Waals surface area contributed by atoms with E-state index in [0.29, 0.717) is 6.54 Å². The Kier molecular flexibility index (Phi) is 6.65. The van der Waals surface area contributed by atoms with Gasteiger partial charge in [0.25, 0.3) is 0 Å². The van der Waals surface area contributed by atoms with E-state index in [9.17, 15) is 9.18 Å². The van der Waals surface area contributed by atoms with Gasteiger partial charge < -0.3 is 10.6 Å². The summed E-state index contributed by atoms with van der Waals surface area (Å²) in [6, 6.07) is 6.19. The predicted octanol–water partition coefficient (Wildman–Crippen LogP) is 3.19. The lowest BCUT2D eigenvalue weighted by atomic mass is 9.81. The van der Waals surface area contributed by atoms with Crippen molar-refractivity contribution >= 4 is 18.3 Å². The van der Waals surface area contributed by atoms with Crippen LogP contribution < -0.4 is 10.6 Å². The maximum absolute atomic E-state index is 13.3. The molecule has 2 heterocycles. The molecule has 0 radical (unpaired) electrons. The van der Waals surface area contributed by atoms with Crippen LogP contribution in [-0.2, 0) is 11.8 Å². The van der Waals surface area contributed by atoms with Gasteiger partial charge in [0.1, 0.15) is 5.82 Å². The summed E-state index contributed by atoms with van der Waals surface area (Å²) in [4.78, 5) is 13.1. The van der Waals surface area contributed by atoms with Gasteiger partial charge in [0.15, 0.2) is 0 Å². The monoisotopic (exact) mass is 394 g/mol. The third kappa shape index (κ3) is 4.87. The van der Waals surface area contributed by atoms with Crippen molar-refractivity contribution in [3.05, 3.63) is 53.6 Å². The van der Waals surface area contributed by atoms with Crippen LogP contribution in [0, 0.1) is 17.2 Å². The van der Waals surface area contributed by atoms with E-state index in [1.807, 2.05) is 19.4 Å². The molecule has 1 aliphatic rings. The molecule has 2 N–H and O–H groups in total. The lowest BCUT2D eigenvalue weighted by molar-refractivity contribution is -0.126. The van der Waals surface area contributed by atoms with Gasteiger partial charge in [-0.1, -0.05) is 32.9 Å². The molecule has 1 aromatic carbocycles. The summed E-state index contributed by atoms with van der Waals surface area (Å²) in [5.41, 5.74) is 1.80. The van der Waals surface area contributed by atoms with E-state index in [0.717, 1.165) is 17.7 Å². The number of hydrogen-bond donors (Lipinski definition) is 2. The number of rotatable bonds is 4. The minimum absolute atomic E-state index is 0. The van der Waals surface area contributed by atoms with Crippen LogP contribution in [-0.4, -0.2) is 28.8 Å². The Balaban J connectivity index is 0.00000261. The van der Waals surface area contributed by atoms with Crippen LogP contribution in [0.4, 0.5) is 4.39 Å². The lowest BCUT2D eigenvalue weighted by Gasteiger charge is -2.33. The lowest BCUT2D eigenvalue weighted by Crippen LogP contribution is -2.41. The molecule has 27 heavy (non-hydrogen) atoms. The standard InChI is InChI=1S/C20H27FN4O.ClH/c1-20(2,3)18(13-5-7-15(21)8-6-13)24-19(26)17-11-22-10-16(17)14-9-23-25(4)12-14;/h5-9,12,16-18,22H,10-11H2,1-4H3,(H,24,26);1H/t16-,17+,18?;/m1./s1. The highest BCUT2D eigenvalue weighted by Crippen LogP contribution is 2.35. The van der Waals surface area contributed by atoms with Gasteiger partial charge in [-0.25, -0.2) is 4.39 Å². The van der Waals surface area contributed by atoms with Crippen molar-refractivity contribution in [3.63, 3.8) is 0 Å². The second-order valence-electron chi connectivity index (χ2n) is 8.18. The first kappa shape index (κ1) is 21.4. The SMILES string of the molecule is Cl.Cn1cc([C@H]2CNC[C@@H]2C(=O)NC(c2ccc(F)cc2)C(C)(C)C)cn1. The zero-order chi connectivity index (χ0) is 18.9. The number of nitrogens with one attached hydrogen (secondary N) is 2. The Morgan fingerprint density at radius 3 is 2.52 bits per heavy atom.